The van der Waals surface area contributed by atoms with Crippen LogP contribution in [0.1, 0.15) is 6.42 Å². The highest BCUT2D eigenvalue weighted by atomic mass is 35.5. The van der Waals surface area contributed by atoms with Crippen LogP contribution in [0.15, 0.2) is 29.3 Å². The molecule has 6 nitrogen and oxygen atoms in total. The van der Waals surface area contributed by atoms with Gasteiger partial charge in [0.25, 0.3) is 11.5 Å². The van der Waals surface area contributed by atoms with E-state index < -0.39 is 28.8 Å². The van der Waals surface area contributed by atoms with Crippen molar-refractivity contribution in [1.29, 1.82) is 0 Å². The molecule has 2 amide bonds. The summed E-state index contributed by atoms with van der Waals surface area (Å²) in [5.41, 5.74) is 2.67. The molecule has 0 spiro atoms. The molecule has 1 aromatic rings. The second-order valence-corrected chi connectivity index (χ2v) is 6.24. The smallest absolute Gasteiger partial charge is 0.429 e. The van der Waals surface area contributed by atoms with Crippen LogP contribution in [0.2, 0.25) is 0 Å². The number of anilines is 1. The second kappa shape index (κ2) is 7.31. The summed E-state index contributed by atoms with van der Waals surface area (Å²) >= 11 is 5.67. The van der Waals surface area contributed by atoms with Gasteiger partial charge in [0.2, 0.25) is 5.91 Å². The van der Waals surface area contributed by atoms with Crippen molar-refractivity contribution >= 4 is 46.0 Å². The van der Waals surface area contributed by atoms with E-state index in [-0.39, 0.29) is 23.0 Å². The number of carbonyl (C=O) groups is 2. The zero-order valence-electron chi connectivity index (χ0n) is 11.8. The van der Waals surface area contributed by atoms with Crippen LogP contribution < -0.4 is 15.8 Å². The molecule has 0 unspecified atom stereocenters. The number of hydrogen-bond acceptors (Lipinski definition) is 5. The van der Waals surface area contributed by atoms with Crippen molar-refractivity contribution < 1.29 is 27.5 Å². The first kappa shape index (κ1) is 18.4. The Bertz CT molecular complexity index is 670. The molecule has 2 atom stereocenters. The van der Waals surface area contributed by atoms with Gasteiger partial charge in [-0.25, -0.2) is 4.39 Å². The van der Waals surface area contributed by atoms with Crippen LogP contribution in [0.4, 0.5) is 18.9 Å². The molecule has 1 aliphatic rings. The standard InChI is InChI=1S/C13H11ClF3N3O3S/c14-11(15)13(16,17)23-7-3-1-6(2-4-7)19-9(21)5-8-10(22)20-12(18)24-8/h1-4,8,11H,5H2,(H,19,21)(H2,18,20,22)/t8-,11+/m0/s1. The van der Waals surface area contributed by atoms with Crippen LogP contribution >= 0.6 is 23.4 Å². The van der Waals surface area contributed by atoms with Gasteiger partial charge in [0.15, 0.2) is 5.17 Å². The largest absolute Gasteiger partial charge is 0.444 e. The van der Waals surface area contributed by atoms with Gasteiger partial charge >= 0.3 is 6.11 Å². The minimum absolute atomic E-state index is 0.102. The van der Waals surface area contributed by atoms with E-state index in [9.17, 15) is 22.8 Å². The number of amides is 2. The highest BCUT2D eigenvalue weighted by Gasteiger charge is 2.42. The summed E-state index contributed by atoms with van der Waals surface area (Å²) in [6.07, 6.45) is -4.31. The molecule has 1 heterocycles. The number of nitrogens with zero attached hydrogens (tertiary/aromatic N) is 1. The van der Waals surface area contributed by atoms with Gasteiger partial charge in [-0.3, -0.25) is 9.59 Å². The van der Waals surface area contributed by atoms with Crippen molar-refractivity contribution in [1.82, 2.24) is 0 Å². The maximum atomic E-state index is 13.0. The molecule has 11 heteroatoms. The molecule has 0 radical (unpaired) electrons. The molecule has 0 bridgehead atoms. The monoisotopic (exact) mass is 381 g/mol. The molecule has 1 aromatic carbocycles. The van der Waals surface area contributed by atoms with Crippen LogP contribution in [-0.4, -0.2) is 34.0 Å². The van der Waals surface area contributed by atoms with Crippen LogP contribution in [0.25, 0.3) is 0 Å². The van der Waals surface area contributed by atoms with E-state index in [1.54, 1.807) is 0 Å². The number of aliphatic imine (C=N–C) groups is 1. The highest BCUT2D eigenvalue weighted by Crippen LogP contribution is 2.29. The number of rotatable bonds is 6. The first-order valence-corrected chi connectivity index (χ1v) is 7.78. The molecule has 0 saturated heterocycles. The average Bonchev–Trinajstić information content (AvgIpc) is 2.78. The van der Waals surface area contributed by atoms with Gasteiger partial charge < -0.3 is 15.8 Å². The fraction of sp³-hybridized carbons (Fsp3) is 0.308. The summed E-state index contributed by atoms with van der Waals surface area (Å²) < 4.78 is 42.5. The van der Waals surface area contributed by atoms with E-state index in [0.717, 1.165) is 23.9 Å². The molecule has 2 rings (SSSR count). The molecule has 0 saturated carbocycles. The number of carbonyl (C=O) groups excluding carboxylic acids is 2. The fourth-order valence-electron chi connectivity index (χ4n) is 1.72. The van der Waals surface area contributed by atoms with Gasteiger partial charge in [0, 0.05) is 12.1 Å². The van der Waals surface area contributed by atoms with Crippen molar-refractivity contribution in [3.8, 4) is 5.75 Å². The lowest BCUT2D eigenvalue weighted by molar-refractivity contribution is -0.199. The summed E-state index contributed by atoms with van der Waals surface area (Å²) in [5, 5.41) is 1.90. The molecule has 0 aromatic heterocycles. The van der Waals surface area contributed by atoms with Crippen LogP contribution in [0.3, 0.4) is 0 Å². The van der Waals surface area contributed by atoms with Gasteiger partial charge in [0.05, 0.1) is 0 Å². The van der Waals surface area contributed by atoms with Crippen molar-refractivity contribution in [2.24, 2.45) is 10.7 Å². The molecule has 0 aliphatic carbocycles. The lowest BCUT2D eigenvalue weighted by Gasteiger charge is -2.17. The Morgan fingerprint density at radius 3 is 2.58 bits per heavy atom. The Labute approximate surface area is 143 Å². The van der Waals surface area contributed by atoms with E-state index in [0.29, 0.717) is 0 Å². The van der Waals surface area contributed by atoms with E-state index >= 15 is 0 Å². The van der Waals surface area contributed by atoms with Crippen molar-refractivity contribution in [3.05, 3.63) is 24.3 Å². The van der Waals surface area contributed by atoms with Crippen LogP contribution in [0, 0.1) is 0 Å². The summed E-state index contributed by atoms with van der Waals surface area (Å²) in [4.78, 5) is 26.7. The Kier molecular flexibility index (Phi) is 5.60. The molecule has 1 aliphatic heterocycles. The Balaban J connectivity index is 1.90. The van der Waals surface area contributed by atoms with Gasteiger partial charge in [-0.2, -0.15) is 13.8 Å². The predicted molar refractivity (Wildman–Crippen MR) is 84.0 cm³/mol. The number of hydrogen-bond donors (Lipinski definition) is 2. The maximum absolute atomic E-state index is 13.0. The Morgan fingerprint density at radius 1 is 1.46 bits per heavy atom. The number of nitrogens with two attached hydrogens (primary N) is 1. The number of thioether (sulfide) groups is 1. The zero-order valence-corrected chi connectivity index (χ0v) is 13.4. The molecular weight excluding hydrogens is 371 g/mol. The number of ether oxygens (including phenoxy) is 1. The molecular formula is C13H11ClF3N3O3S. The van der Waals surface area contributed by atoms with E-state index in [1.165, 1.54) is 12.1 Å². The van der Waals surface area contributed by atoms with Crippen molar-refractivity contribution in [3.63, 3.8) is 0 Å². The summed E-state index contributed by atoms with van der Waals surface area (Å²) in [6, 6.07) is 4.78. The maximum Gasteiger partial charge on any atom is 0.444 e. The van der Waals surface area contributed by atoms with Crippen molar-refractivity contribution in [2.45, 2.75) is 23.4 Å². The van der Waals surface area contributed by atoms with E-state index in [1.807, 2.05) is 0 Å². The van der Waals surface area contributed by atoms with Gasteiger partial charge in [-0.1, -0.05) is 23.4 Å². The highest BCUT2D eigenvalue weighted by molar-refractivity contribution is 8.15. The minimum atomic E-state index is -4.17. The quantitative estimate of drug-likeness (QED) is 0.738. The van der Waals surface area contributed by atoms with E-state index in [4.69, 9.17) is 5.73 Å². The van der Waals surface area contributed by atoms with Crippen LogP contribution in [0.5, 0.6) is 5.75 Å². The summed E-state index contributed by atoms with van der Waals surface area (Å²) in [5.74, 6) is -1.29. The van der Waals surface area contributed by atoms with Gasteiger partial charge in [-0.15, -0.1) is 0 Å². The topological polar surface area (TPSA) is 93.8 Å². The summed E-state index contributed by atoms with van der Waals surface area (Å²) in [6.45, 7) is 0. The normalized spacial score (nSPS) is 18.9. The Morgan fingerprint density at radius 2 is 2.08 bits per heavy atom. The lowest BCUT2D eigenvalue weighted by atomic mass is 10.2. The first-order chi connectivity index (χ1) is 11.2. The molecule has 3 N–H and O–H groups in total. The molecule has 0 fully saturated rings. The third kappa shape index (κ3) is 4.78. The van der Waals surface area contributed by atoms with Gasteiger partial charge in [-0.05, 0) is 24.3 Å². The molecule has 130 valence electrons. The second-order valence-electron chi connectivity index (χ2n) is 4.64. The fourth-order valence-corrected chi connectivity index (χ4v) is 2.59. The Hall–Kier alpha value is -1.94. The first-order valence-electron chi connectivity index (χ1n) is 6.47. The number of benzene rings is 1. The average molecular weight is 382 g/mol. The third-order valence-corrected chi connectivity index (χ3v) is 4.02. The number of halogens is 4. The van der Waals surface area contributed by atoms with Crippen LogP contribution in [-0.2, 0) is 9.59 Å². The number of amidine groups is 1. The number of alkyl halides is 4. The lowest BCUT2D eigenvalue weighted by Crippen LogP contribution is -2.32. The van der Waals surface area contributed by atoms with E-state index in [2.05, 4.69) is 26.6 Å². The van der Waals surface area contributed by atoms with Gasteiger partial charge in [0.1, 0.15) is 11.0 Å². The van der Waals surface area contributed by atoms with Crippen molar-refractivity contribution in [2.75, 3.05) is 5.32 Å². The minimum Gasteiger partial charge on any atom is -0.429 e. The number of nitrogens with one attached hydrogen (secondary N) is 1. The predicted octanol–water partition coefficient (Wildman–Crippen LogP) is 2.48. The SMILES string of the molecule is NC1=NC(=O)[C@H](CC(=O)Nc2ccc(OC(F)(F)[C@@H](F)Cl)cc2)S1. The summed E-state index contributed by atoms with van der Waals surface area (Å²) in [7, 11) is 0. The zero-order chi connectivity index (χ0) is 17.9. The third-order valence-electron chi connectivity index (χ3n) is 2.78. The molecule has 24 heavy (non-hydrogen) atoms.